The quantitative estimate of drug-likeness (QED) is 0.874. The van der Waals surface area contributed by atoms with Crippen molar-refractivity contribution in [2.75, 3.05) is 0 Å². The zero-order chi connectivity index (χ0) is 12.6. The molecule has 0 radical (unpaired) electrons. The monoisotopic (exact) mass is 231 g/mol. The molecule has 0 unspecified atom stereocenters. The van der Waals surface area contributed by atoms with Gasteiger partial charge in [0.1, 0.15) is 11.3 Å². The van der Waals surface area contributed by atoms with E-state index in [-0.39, 0.29) is 0 Å². The van der Waals surface area contributed by atoms with Crippen LogP contribution in [0.3, 0.4) is 0 Å². The van der Waals surface area contributed by atoms with Crippen molar-refractivity contribution in [3.63, 3.8) is 0 Å². The second-order valence-electron chi connectivity index (χ2n) is 5.24. The van der Waals surface area contributed by atoms with E-state index in [4.69, 9.17) is 10.2 Å². The van der Waals surface area contributed by atoms with E-state index in [0.29, 0.717) is 12.5 Å². The van der Waals surface area contributed by atoms with Gasteiger partial charge in [0.05, 0.1) is 6.54 Å². The third kappa shape index (κ3) is 2.22. The molecule has 2 heteroatoms. The van der Waals surface area contributed by atoms with Gasteiger partial charge in [-0.15, -0.1) is 0 Å². The number of benzene rings is 1. The Labute approximate surface area is 103 Å². The Morgan fingerprint density at radius 1 is 1.18 bits per heavy atom. The molecular formula is C15H21NO. The topological polar surface area (TPSA) is 39.2 Å². The van der Waals surface area contributed by atoms with Crippen LogP contribution in [0, 0.1) is 19.8 Å². The first-order valence-corrected chi connectivity index (χ1v) is 6.24. The summed E-state index contributed by atoms with van der Waals surface area (Å²) in [5, 5.41) is 1.24. The highest BCUT2D eigenvalue weighted by Crippen LogP contribution is 2.30. The molecule has 0 bridgehead atoms. The van der Waals surface area contributed by atoms with E-state index in [0.717, 1.165) is 17.8 Å². The van der Waals surface area contributed by atoms with Crippen molar-refractivity contribution >= 4 is 11.0 Å². The van der Waals surface area contributed by atoms with Gasteiger partial charge >= 0.3 is 0 Å². The van der Waals surface area contributed by atoms with Crippen molar-refractivity contribution in [1.82, 2.24) is 0 Å². The Hall–Kier alpha value is -1.28. The first kappa shape index (κ1) is 12.2. The van der Waals surface area contributed by atoms with E-state index in [9.17, 15) is 0 Å². The van der Waals surface area contributed by atoms with Crippen molar-refractivity contribution in [2.45, 2.75) is 40.7 Å². The van der Waals surface area contributed by atoms with Crippen molar-refractivity contribution in [3.8, 4) is 0 Å². The molecule has 0 atom stereocenters. The maximum Gasteiger partial charge on any atom is 0.134 e. The second kappa shape index (κ2) is 4.53. The lowest BCUT2D eigenvalue weighted by molar-refractivity contribution is 0.535. The lowest BCUT2D eigenvalue weighted by atomic mass is 9.98. The zero-order valence-corrected chi connectivity index (χ0v) is 11.1. The van der Waals surface area contributed by atoms with Crippen LogP contribution in [-0.2, 0) is 13.0 Å². The van der Waals surface area contributed by atoms with Gasteiger partial charge in [0.15, 0.2) is 0 Å². The molecule has 0 spiro atoms. The minimum absolute atomic E-state index is 0.481. The fourth-order valence-electron chi connectivity index (χ4n) is 2.25. The van der Waals surface area contributed by atoms with Crippen LogP contribution in [-0.4, -0.2) is 0 Å². The molecule has 0 aliphatic heterocycles. The molecule has 1 aromatic carbocycles. The van der Waals surface area contributed by atoms with E-state index in [1.807, 2.05) is 0 Å². The van der Waals surface area contributed by atoms with Gasteiger partial charge in [0.25, 0.3) is 0 Å². The Kier molecular flexibility index (Phi) is 3.25. The van der Waals surface area contributed by atoms with E-state index in [1.165, 1.54) is 22.1 Å². The summed E-state index contributed by atoms with van der Waals surface area (Å²) in [6, 6.07) is 4.35. The maximum absolute atomic E-state index is 5.86. The summed E-state index contributed by atoms with van der Waals surface area (Å²) < 4.78 is 5.86. The molecule has 0 saturated carbocycles. The molecule has 0 saturated heterocycles. The minimum Gasteiger partial charge on any atom is -0.459 e. The van der Waals surface area contributed by atoms with E-state index in [2.05, 4.69) is 39.8 Å². The number of nitrogens with two attached hydrogens (primary N) is 1. The molecule has 0 fully saturated rings. The highest BCUT2D eigenvalue weighted by Gasteiger charge is 2.15. The normalized spacial score (nSPS) is 11.6. The molecule has 0 aliphatic carbocycles. The summed E-state index contributed by atoms with van der Waals surface area (Å²) in [7, 11) is 0. The van der Waals surface area contributed by atoms with Gasteiger partial charge in [-0.2, -0.15) is 0 Å². The SMILES string of the molecule is Cc1cc2oc(CN)c(CC(C)C)c2cc1C. The third-order valence-corrected chi connectivity index (χ3v) is 3.29. The average Bonchev–Trinajstić information content (AvgIpc) is 2.57. The van der Waals surface area contributed by atoms with Gasteiger partial charge in [-0.3, -0.25) is 0 Å². The second-order valence-corrected chi connectivity index (χ2v) is 5.24. The summed E-state index contributed by atoms with van der Waals surface area (Å²) in [5.41, 5.74) is 10.6. The molecule has 2 nitrogen and oxygen atoms in total. The van der Waals surface area contributed by atoms with Crippen LogP contribution >= 0.6 is 0 Å². The van der Waals surface area contributed by atoms with Crippen LogP contribution in [0.25, 0.3) is 11.0 Å². The van der Waals surface area contributed by atoms with Crippen LogP contribution < -0.4 is 5.73 Å². The van der Waals surface area contributed by atoms with Crippen LogP contribution in [0.15, 0.2) is 16.5 Å². The molecule has 17 heavy (non-hydrogen) atoms. The highest BCUT2D eigenvalue weighted by atomic mass is 16.3. The minimum atomic E-state index is 0.481. The first-order chi connectivity index (χ1) is 8.02. The first-order valence-electron chi connectivity index (χ1n) is 6.24. The van der Waals surface area contributed by atoms with E-state index >= 15 is 0 Å². The van der Waals surface area contributed by atoms with Crippen LogP contribution in [0.4, 0.5) is 0 Å². The van der Waals surface area contributed by atoms with E-state index in [1.54, 1.807) is 0 Å². The molecule has 2 aromatic rings. The Bertz CT molecular complexity index is 537. The molecule has 1 aromatic heterocycles. The number of aryl methyl sites for hydroxylation is 2. The Balaban J connectivity index is 2.65. The predicted octanol–water partition coefficient (Wildman–Crippen LogP) is 3.71. The predicted molar refractivity (Wildman–Crippen MR) is 72.1 cm³/mol. The van der Waals surface area contributed by atoms with Crippen molar-refractivity contribution in [1.29, 1.82) is 0 Å². The Morgan fingerprint density at radius 2 is 1.82 bits per heavy atom. The largest absolute Gasteiger partial charge is 0.459 e. The molecule has 1 heterocycles. The summed E-state index contributed by atoms with van der Waals surface area (Å²) in [6.07, 6.45) is 1.03. The fourth-order valence-corrected chi connectivity index (χ4v) is 2.25. The van der Waals surface area contributed by atoms with Crippen LogP contribution in [0.1, 0.15) is 36.3 Å². The average molecular weight is 231 g/mol. The van der Waals surface area contributed by atoms with Gasteiger partial charge in [-0.05, 0) is 49.4 Å². The molecule has 0 amide bonds. The number of furan rings is 1. The third-order valence-electron chi connectivity index (χ3n) is 3.29. The zero-order valence-electron chi connectivity index (χ0n) is 11.1. The van der Waals surface area contributed by atoms with Crippen LogP contribution in [0.2, 0.25) is 0 Å². The number of hydrogen-bond acceptors (Lipinski definition) is 2. The van der Waals surface area contributed by atoms with Crippen molar-refractivity contribution < 1.29 is 4.42 Å². The molecular weight excluding hydrogens is 210 g/mol. The molecule has 2 N–H and O–H groups in total. The number of rotatable bonds is 3. The summed E-state index contributed by atoms with van der Waals surface area (Å²) in [6.45, 7) is 9.18. The summed E-state index contributed by atoms with van der Waals surface area (Å²) in [4.78, 5) is 0. The van der Waals surface area contributed by atoms with Gasteiger partial charge in [0, 0.05) is 10.9 Å². The molecule has 0 aliphatic rings. The standard InChI is InChI=1S/C15H21NO/c1-9(2)5-12-13-6-10(3)11(4)7-14(13)17-15(12)8-16/h6-7,9H,5,8,16H2,1-4H3. The maximum atomic E-state index is 5.86. The summed E-state index contributed by atoms with van der Waals surface area (Å²) >= 11 is 0. The van der Waals surface area contributed by atoms with Crippen molar-refractivity contribution in [2.24, 2.45) is 11.7 Å². The summed E-state index contributed by atoms with van der Waals surface area (Å²) in [5.74, 6) is 1.56. The Morgan fingerprint density at radius 3 is 2.41 bits per heavy atom. The van der Waals surface area contributed by atoms with Gasteiger partial charge < -0.3 is 10.2 Å². The highest BCUT2D eigenvalue weighted by molar-refractivity contribution is 5.84. The molecule has 2 rings (SSSR count). The van der Waals surface area contributed by atoms with Crippen LogP contribution in [0.5, 0.6) is 0 Å². The lowest BCUT2D eigenvalue weighted by Gasteiger charge is -2.05. The lowest BCUT2D eigenvalue weighted by Crippen LogP contribution is -2.01. The van der Waals surface area contributed by atoms with Gasteiger partial charge in [0.2, 0.25) is 0 Å². The van der Waals surface area contributed by atoms with Gasteiger partial charge in [-0.1, -0.05) is 13.8 Å². The number of fused-ring (bicyclic) bond motifs is 1. The smallest absolute Gasteiger partial charge is 0.134 e. The number of hydrogen-bond donors (Lipinski definition) is 1. The van der Waals surface area contributed by atoms with Gasteiger partial charge in [-0.25, -0.2) is 0 Å². The van der Waals surface area contributed by atoms with Crippen molar-refractivity contribution in [3.05, 3.63) is 34.6 Å². The fraction of sp³-hybridized carbons (Fsp3) is 0.467. The molecule has 92 valence electrons. The van der Waals surface area contributed by atoms with E-state index < -0.39 is 0 Å².